The molecule has 2 amide bonds. The van der Waals surface area contributed by atoms with Gasteiger partial charge in [0.1, 0.15) is 0 Å². The zero-order valence-electron chi connectivity index (χ0n) is 16.6. The summed E-state index contributed by atoms with van der Waals surface area (Å²) in [6.07, 6.45) is 0.124. The van der Waals surface area contributed by atoms with E-state index in [0.29, 0.717) is 29.3 Å². The van der Waals surface area contributed by atoms with Gasteiger partial charge < -0.3 is 19.7 Å². The van der Waals surface area contributed by atoms with Gasteiger partial charge in [0.2, 0.25) is 18.6 Å². The molecule has 7 heteroatoms. The molecule has 2 aliphatic heterocycles. The van der Waals surface area contributed by atoms with Gasteiger partial charge in [-0.05, 0) is 44.0 Å². The molecule has 0 aromatic heterocycles. The van der Waals surface area contributed by atoms with E-state index in [4.69, 9.17) is 9.47 Å². The number of aryl methyl sites for hydroxylation is 1. The fraction of sp³-hybridized carbons (Fsp3) is 0.318. The maximum atomic E-state index is 12.9. The van der Waals surface area contributed by atoms with Crippen LogP contribution < -0.4 is 19.7 Å². The molecule has 2 aromatic carbocycles. The molecule has 150 valence electrons. The zero-order valence-corrected chi connectivity index (χ0v) is 16.6. The average Bonchev–Trinajstić information content (AvgIpc) is 3.29. The minimum Gasteiger partial charge on any atom is -0.454 e. The molecule has 0 aliphatic carbocycles. The molecule has 2 heterocycles. The van der Waals surface area contributed by atoms with Gasteiger partial charge in [0.15, 0.2) is 17.3 Å². The van der Waals surface area contributed by atoms with Crippen molar-refractivity contribution in [3.63, 3.8) is 0 Å². The number of benzene rings is 2. The summed E-state index contributed by atoms with van der Waals surface area (Å²) in [6.45, 7) is 5.76. The summed E-state index contributed by atoms with van der Waals surface area (Å²) in [6, 6.07) is 8.96. The van der Waals surface area contributed by atoms with Gasteiger partial charge >= 0.3 is 0 Å². The van der Waals surface area contributed by atoms with Crippen molar-refractivity contribution >= 4 is 29.0 Å². The highest BCUT2D eigenvalue weighted by atomic mass is 16.7. The summed E-state index contributed by atoms with van der Waals surface area (Å²) in [7, 11) is 0. The van der Waals surface area contributed by atoms with Crippen LogP contribution in [0.5, 0.6) is 11.5 Å². The first-order valence-electron chi connectivity index (χ1n) is 9.47. The second-order valence-electron chi connectivity index (χ2n) is 7.42. The lowest BCUT2D eigenvalue weighted by molar-refractivity contribution is -0.122. The fourth-order valence-corrected chi connectivity index (χ4v) is 3.72. The number of ketones is 1. The van der Waals surface area contributed by atoms with E-state index in [1.807, 2.05) is 32.0 Å². The first-order valence-corrected chi connectivity index (χ1v) is 9.47. The van der Waals surface area contributed by atoms with Crippen LogP contribution >= 0.6 is 0 Å². The highest BCUT2D eigenvalue weighted by Gasteiger charge is 2.36. The molecule has 0 bridgehead atoms. The molecule has 4 rings (SSSR count). The summed E-state index contributed by atoms with van der Waals surface area (Å²) in [5.41, 5.74) is 3.66. The molecule has 0 radical (unpaired) electrons. The second-order valence-corrected chi connectivity index (χ2v) is 7.42. The van der Waals surface area contributed by atoms with Crippen molar-refractivity contribution in [2.75, 3.05) is 23.6 Å². The van der Waals surface area contributed by atoms with Crippen molar-refractivity contribution in [2.45, 2.75) is 27.2 Å². The Kier molecular flexibility index (Phi) is 4.74. The van der Waals surface area contributed by atoms with Crippen molar-refractivity contribution in [2.24, 2.45) is 5.92 Å². The number of anilines is 2. The van der Waals surface area contributed by atoms with Crippen LogP contribution in [0.15, 0.2) is 30.3 Å². The van der Waals surface area contributed by atoms with Crippen LogP contribution in [0.3, 0.4) is 0 Å². The molecule has 0 unspecified atom stereocenters. The van der Waals surface area contributed by atoms with E-state index in [1.165, 1.54) is 6.92 Å². The van der Waals surface area contributed by atoms with Crippen molar-refractivity contribution < 1.29 is 23.9 Å². The monoisotopic (exact) mass is 394 g/mol. The van der Waals surface area contributed by atoms with E-state index in [2.05, 4.69) is 5.32 Å². The third-order valence-electron chi connectivity index (χ3n) is 5.51. The summed E-state index contributed by atoms with van der Waals surface area (Å²) >= 11 is 0. The van der Waals surface area contributed by atoms with Crippen molar-refractivity contribution in [1.82, 2.24) is 0 Å². The maximum absolute atomic E-state index is 12.9. The quantitative estimate of drug-likeness (QED) is 0.805. The van der Waals surface area contributed by atoms with Crippen LogP contribution in [-0.4, -0.2) is 30.9 Å². The molecule has 29 heavy (non-hydrogen) atoms. The number of carbonyl (C=O) groups is 3. The number of rotatable bonds is 4. The Bertz CT molecular complexity index is 1030. The Morgan fingerprint density at radius 1 is 1.14 bits per heavy atom. The van der Waals surface area contributed by atoms with Crippen LogP contribution in [0.2, 0.25) is 0 Å². The topological polar surface area (TPSA) is 84.9 Å². The third-order valence-corrected chi connectivity index (χ3v) is 5.51. The normalized spacial score (nSPS) is 17.6. The van der Waals surface area contributed by atoms with Crippen LogP contribution in [0.25, 0.3) is 0 Å². The minimum atomic E-state index is -0.507. The van der Waals surface area contributed by atoms with Crippen molar-refractivity contribution in [3.8, 4) is 11.5 Å². The van der Waals surface area contributed by atoms with Gasteiger partial charge in [0.05, 0.1) is 11.6 Å². The number of Topliss-reactive ketones (excluding diaryl/α,β-unsaturated/α-hetero) is 1. The van der Waals surface area contributed by atoms with Gasteiger partial charge in [0.25, 0.3) is 0 Å². The Morgan fingerprint density at radius 3 is 2.59 bits per heavy atom. The summed E-state index contributed by atoms with van der Waals surface area (Å²) in [5, 5.41) is 2.81. The molecule has 7 nitrogen and oxygen atoms in total. The number of hydrogen-bond acceptors (Lipinski definition) is 5. The number of nitrogens with one attached hydrogen (secondary N) is 1. The smallest absolute Gasteiger partial charge is 0.231 e. The maximum Gasteiger partial charge on any atom is 0.231 e. The Morgan fingerprint density at radius 2 is 1.86 bits per heavy atom. The van der Waals surface area contributed by atoms with Crippen molar-refractivity contribution in [3.05, 3.63) is 47.0 Å². The van der Waals surface area contributed by atoms with Crippen LogP contribution in [0, 0.1) is 19.8 Å². The highest BCUT2D eigenvalue weighted by Crippen LogP contribution is 2.38. The van der Waals surface area contributed by atoms with Gasteiger partial charge in [0, 0.05) is 30.3 Å². The first-order chi connectivity index (χ1) is 13.8. The Hall–Kier alpha value is -3.35. The lowest BCUT2D eigenvalue weighted by atomic mass is 10.1. The minimum absolute atomic E-state index is 0.0754. The fourth-order valence-electron chi connectivity index (χ4n) is 3.72. The molecule has 1 N–H and O–H groups in total. The molecule has 2 aliphatic rings. The van der Waals surface area contributed by atoms with E-state index in [0.717, 1.165) is 16.8 Å². The zero-order chi connectivity index (χ0) is 20.7. The Labute approximate surface area is 168 Å². The standard InChI is InChI=1S/C22H22N2O5/c1-12-5-4-6-18(13(12)2)24-10-15(7-21(24)26)22(27)23-17-9-20-19(28-11-29-20)8-16(17)14(3)25/h4-6,8-9,15H,7,10-11H2,1-3H3,(H,23,27)/t15-/m1/s1. The number of amides is 2. The molecule has 1 atom stereocenters. The van der Waals surface area contributed by atoms with E-state index in [1.54, 1.807) is 17.0 Å². The van der Waals surface area contributed by atoms with E-state index in [-0.39, 0.29) is 30.8 Å². The van der Waals surface area contributed by atoms with Gasteiger partial charge in [-0.2, -0.15) is 0 Å². The molecule has 2 aromatic rings. The largest absolute Gasteiger partial charge is 0.454 e. The van der Waals surface area contributed by atoms with Crippen LogP contribution in [-0.2, 0) is 9.59 Å². The van der Waals surface area contributed by atoms with E-state index < -0.39 is 5.92 Å². The number of hydrogen-bond donors (Lipinski definition) is 1. The SMILES string of the molecule is CC(=O)c1cc2c(cc1NC(=O)[C@@H]1CC(=O)N(c3cccc(C)c3C)C1)OCO2. The first kappa shape index (κ1) is 19.0. The van der Waals surface area contributed by atoms with Gasteiger partial charge in [-0.15, -0.1) is 0 Å². The van der Waals surface area contributed by atoms with Crippen LogP contribution in [0.1, 0.15) is 34.8 Å². The average molecular weight is 394 g/mol. The highest BCUT2D eigenvalue weighted by molar-refractivity contribution is 6.07. The second kappa shape index (κ2) is 7.24. The number of nitrogens with zero attached hydrogens (tertiary/aromatic N) is 1. The predicted octanol–water partition coefficient (Wildman–Crippen LogP) is 3.23. The molecule has 1 saturated heterocycles. The van der Waals surface area contributed by atoms with E-state index in [9.17, 15) is 14.4 Å². The predicted molar refractivity (Wildman–Crippen MR) is 108 cm³/mol. The van der Waals surface area contributed by atoms with Gasteiger partial charge in [-0.1, -0.05) is 12.1 Å². The molecule has 0 spiro atoms. The number of fused-ring (bicyclic) bond motifs is 1. The van der Waals surface area contributed by atoms with Gasteiger partial charge in [-0.25, -0.2) is 0 Å². The molecule has 1 fully saturated rings. The summed E-state index contributed by atoms with van der Waals surface area (Å²) in [5.74, 6) is -0.134. The van der Waals surface area contributed by atoms with Crippen LogP contribution in [0.4, 0.5) is 11.4 Å². The Balaban J connectivity index is 1.55. The molecular formula is C22H22N2O5. The number of ether oxygens (including phenoxy) is 2. The number of carbonyl (C=O) groups excluding carboxylic acids is 3. The molecule has 0 saturated carbocycles. The lowest BCUT2D eigenvalue weighted by Crippen LogP contribution is -2.29. The summed E-state index contributed by atoms with van der Waals surface area (Å²) < 4.78 is 10.7. The van der Waals surface area contributed by atoms with Crippen molar-refractivity contribution in [1.29, 1.82) is 0 Å². The van der Waals surface area contributed by atoms with Gasteiger partial charge in [-0.3, -0.25) is 14.4 Å². The summed E-state index contributed by atoms with van der Waals surface area (Å²) in [4.78, 5) is 39.2. The lowest BCUT2D eigenvalue weighted by Gasteiger charge is -2.20. The third kappa shape index (κ3) is 3.44. The molecular weight excluding hydrogens is 372 g/mol. The van der Waals surface area contributed by atoms with E-state index >= 15 is 0 Å².